The lowest BCUT2D eigenvalue weighted by Crippen LogP contribution is -2.26. The molecule has 1 aliphatic heterocycles. The maximum absolute atomic E-state index is 11.5. The molecule has 1 aromatic rings. The molecule has 17 heavy (non-hydrogen) atoms. The van der Waals surface area contributed by atoms with E-state index >= 15 is 0 Å². The van der Waals surface area contributed by atoms with E-state index in [0.717, 1.165) is 11.2 Å². The van der Waals surface area contributed by atoms with Crippen LogP contribution in [0.4, 0.5) is 11.4 Å². The molecule has 0 radical (unpaired) electrons. The number of carbonyl (C=O) groups excluding carboxylic acids is 1. The lowest BCUT2D eigenvalue weighted by molar-refractivity contribution is -0.115. The van der Waals surface area contributed by atoms with Gasteiger partial charge in [-0.05, 0) is 25.1 Å². The van der Waals surface area contributed by atoms with Gasteiger partial charge in [0.05, 0.1) is 22.9 Å². The van der Waals surface area contributed by atoms with Gasteiger partial charge in [-0.3, -0.25) is 9.52 Å². The SMILES string of the molecule is CC1Sc2ccc(NS(C)(=O)=O)cc2NC1=O. The second kappa shape index (κ2) is 4.23. The van der Waals surface area contributed by atoms with Gasteiger partial charge < -0.3 is 5.32 Å². The summed E-state index contributed by atoms with van der Waals surface area (Å²) in [6, 6.07) is 5.09. The van der Waals surface area contributed by atoms with Gasteiger partial charge in [-0.15, -0.1) is 11.8 Å². The van der Waals surface area contributed by atoms with Crippen molar-refractivity contribution >= 4 is 39.1 Å². The molecule has 7 heteroatoms. The molecular weight excluding hydrogens is 260 g/mol. The first kappa shape index (κ1) is 12.3. The van der Waals surface area contributed by atoms with Crippen LogP contribution >= 0.6 is 11.8 Å². The Balaban J connectivity index is 2.32. The number of rotatable bonds is 2. The minimum atomic E-state index is -3.30. The third kappa shape index (κ3) is 2.92. The van der Waals surface area contributed by atoms with Crippen molar-refractivity contribution in [2.45, 2.75) is 17.1 Å². The zero-order chi connectivity index (χ0) is 12.6. The van der Waals surface area contributed by atoms with E-state index in [1.54, 1.807) is 18.2 Å². The first-order valence-electron chi connectivity index (χ1n) is 4.94. The average molecular weight is 272 g/mol. The van der Waals surface area contributed by atoms with E-state index in [0.29, 0.717) is 11.4 Å². The Bertz CT molecular complexity index is 569. The maximum Gasteiger partial charge on any atom is 0.237 e. The smallest absolute Gasteiger partial charge is 0.237 e. The number of carbonyl (C=O) groups is 1. The number of anilines is 2. The Morgan fingerprint density at radius 3 is 2.76 bits per heavy atom. The van der Waals surface area contributed by atoms with Crippen molar-refractivity contribution in [1.29, 1.82) is 0 Å². The first-order valence-corrected chi connectivity index (χ1v) is 7.71. The fraction of sp³-hybridized carbons (Fsp3) is 0.300. The number of sulfonamides is 1. The molecule has 0 spiro atoms. The summed E-state index contributed by atoms with van der Waals surface area (Å²) in [5.74, 6) is -0.0704. The summed E-state index contributed by atoms with van der Waals surface area (Å²) in [6.45, 7) is 1.83. The molecule has 0 aromatic heterocycles. The van der Waals surface area contributed by atoms with Crippen LogP contribution in [0.3, 0.4) is 0 Å². The molecule has 1 unspecified atom stereocenters. The summed E-state index contributed by atoms with van der Waals surface area (Å²) in [7, 11) is -3.30. The summed E-state index contributed by atoms with van der Waals surface area (Å²) < 4.78 is 24.5. The highest BCUT2D eigenvalue weighted by Crippen LogP contribution is 2.36. The second-order valence-electron chi connectivity index (χ2n) is 3.83. The fourth-order valence-electron chi connectivity index (χ4n) is 1.49. The normalized spacial score (nSPS) is 19.4. The van der Waals surface area contributed by atoms with E-state index in [4.69, 9.17) is 0 Å². The molecular formula is C10H12N2O3S2. The van der Waals surface area contributed by atoms with E-state index in [1.165, 1.54) is 11.8 Å². The Hall–Kier alpha value is -1.21. The Morgan fingerprint density at radius 2 is 2.12 bits per heavy atom. The van der Waals surface area contributed by atoms with Crippen LogP contribution in [-0.4, -0.2) is 25.8 Å². The Labute approximate surface area is 104 Å². The van der Waals surface area contributed by atoms with Gasteiger partial charge in [0.25, 0.3) is 0 Å². The van der Waals surface area contributed by atoms with Gasteiger partial charge in [0.1, 0.15) is 0 Å². The van der Waals surface area contributed by atoms with Crippen molar-refractivity contribution in [3.8, 4) is 0 Å². The lowest BCUT2D eigenvalue weighted by atomic mass is 10.2. The minimum absolute atomic E-state index is 0.0704. The molecule has 1 aromatic carbocycles. The van der Waals surface area contributed by atoms with E-state index in [2.05, 4.69) is 10.0 Å². The summed E-state index contributed by atoms with van der Waals surface area (Å²) in [5, 5.41) is 2.61. The van der Waals surface area contributed by atoms with Gasteiger partial charge in [0.2, 0.25) is 15.9 Å². The van der Waals surface area contributed by atoms with Crippen LogP contribution in [0.15, 0.2) is 23.1 Å². The van der Waals surface area contributed by atoms with Crippen molar-refractivity contribution in [2.24, 2.45) is 0 Å². The fourth-order valence-corrected chi connectivity index (χ4v) is 2.97. The van der Waals surface area contributed by atoms with Crippen molar-refractivity contribution < 1.29 is 13.2 Å². The number of fused-ring (bicyclic) bond motifs is 1. The van der Waals surface area contributed by atoms with Gasteiger partial charge in [-0.1, -0.05) is 0 Å². The largest absolute Gasteiger partial charge is 0.324 e. The monoisotopic (exact) mass is 272 g/mol. The zero-order valence-electron chi connectivity index (χ0n) is 9.35. The van der Waals surface area contributed by atoms with Gasteiger partial charge >= 0.3 is 0 Å². The van der Waals surface area contributed by atoms with Crippen LogP contribution in [0.25, 0.3) is 0 Å². The van der Waals surface area contributed by atoms with Gasteiger partial charge in [0, 0.05) is 4.90 Å². The third-order valence-electron chi connectivity index (χ3n) is 2.21. The van der Waals surface area contributed by atoms with Crippen LogP contribution in [-0.2, 0) is 14.8 Å². The summed E-state index contributed by atoms with van der Waals surface area (Å²) in [4.78, 5) is 12.4. The minimum Gasteiger partial charge on any atom is -0.324 e. The molecule has 5 nitrogen and oxygen atoms in total. The molecule has 0 saturated carbocycles. The molecule has 0 saturated heterocycles. The topological polar surface area (TPSA) is 75.3 Å². The van der Waals surface area contributed by atoms with E-state index in [-0.39, 0.29) is 11.2 Å². The quantitative estimate of drug-likeness (QED) is 0.855. The standard InChI is InChI=1S/C10H12N2O3S2/c1-6-10(13)11-8-5-7(12-17(2,14)15)3-4-9(8)16-6/h3-6,12H,1-2H3,(H,11,13). The maximum atomic E-state index is 11.5. The molecule has 0 fully saturated rings. The molecule has 1 aliphatic rings. The van der Waals surface area contributed by atoms with Crippen molar-refractivity contribution in [2.75, 3.05) is 16.3 Å². The Morgan fingerprint density at radius 1 is 1.41 bits per heavy atom. The number of hydrogen-bond donors (Lipinski definition) is 2. The second-order valence-corrected chi connectivity index (χ2v) is 6.97. The van der Waals surface area contributed by atoms with Gasteiger partial charge in [-0.2, -0.15) is 0 Å². The average Bonchev–Trinajstić information content (AvgIpc) is 2.18. The number of nitrogens with one attached hydrogen (secondary N) is 2. The van der Waals surface area contributed by atoms with Crippen LogP contribution < -0.4 is 10.0 Å². The summed E-state index contributed by atoms with van der Waals surface area (Å²) >= 11 is 1.46. The third-order valence-corrected chi connectivity index (χ3v) is 4.00. The zero-order valence-corrected chi connectivity index (χ0v) is 11.0. The molecule has 92 valence electrons. The number of amides is 1. The predicted molar refractivity (Wildman–Crippen MR) is 68.9 cm³/mol. The molecule has 0 aliphatic carbocycles. The van der Waals surface area contributed by atoms with E-state index in [1.807, 2.05) is 6.92 Å². The highest BCUT2D eigenvalue weighted by molar-refractivity contribution is 8.01. The van der Waals surface area contributed by atoms with Crippen molar-refractivity contribution in [1.82, 2.24) is 0 Å². The Kier molecular flexibility index (Phi) is 3.05. The lowest BCUT2D eigenvalue weighted by Gasteiger charge is -2.21. The summed E-state index contributed by atoms with van der Waals surface area (Å²) in [5.41, 5.74) is 1.09. The van der Waals surface area contributed by atoms with Gasteiger partial charge in [-0.25, -0.2) is 8.42 Å². The summed E-state index contributed by atoms with van der Waals surface area (Å²) in [6.07, 6.45) is 1.09. The van der Waals surface area contributed by atoms with Crippen LogP contribution in [0, 0.1) is 0 Å². The molecule has 1 amide bonds. The predicted octanol–water partition coefficient (Wildman–Crippen LogP) is 1.49. The molecule has 1 heterocycles. The molecule has 2 rings (SSSR count). The van der Waals surface area contributed by atoms with Crippen LogP contribution in [0.2, 0.25) is 0 Å². The van der Waals surface area contributed by atoms with Crippen LogP contribution in [0.1, 0.15) is 6.92 Å². The highest BCUT2D eigenvalue weighted by Gasteiger charge is 2.23. The highest BCUT2D eigenvalue weighted by atomic mass is 32.2. The van der Waals surface area contributed by atoms with E-state index < -0.39 is 10.0 Å². The number of thioether (sulfide) groups is 1. The van der Waals surface area contributed by atoms with Crippen molar-refractivity contribution in [3.63, 3.8) is 0 Å². The number of hydrogen-bond acceptors (Lipinski definition) is 4. The molecule has 0 bridgehead atoms. The van der Waals surface area contributed by atoms with E-state index in [9.17, 15) is 13.2 Å². The van der Waals surface area contributed by atoms with Crippen LogP contribution in [0.5, 0.6) is 0 Å². The number of benzene rings is 1. The molecule has 1 atom stereocenters. The first-order chi connectivity index (χ1) is 7.85. The van der Waals surface area contributed by atoms with Gasteiger partial charge in [0.15, 0.2) is 0 Å². The van der Waals surface area contributed by atoms with Crippen molar-refractivity contribution in [3.05, 3.63) is 18.2 Å². The molecule has 2 N–H and O–H groups in total.